The van der Waals surface area contributed by atoms with Crippen LogP contribution in [0.15, 0.2) is 0 Å². The fourth-order valence-electron chi connectivity index (χ4n) is 0.769. The van der Waals surface area contributed by atoms with Crippen molar-refractivity contribution in [3.8, 4) is 11.5 Å². The highest BCUT2D eigenvalue weighted by Crippen LogP contribution is 2.01. The summed E-state index contributed by atoms with van der Waals surface area (Å²) in [4.78, 5) is 0. The molecule has 0 aromatic carbocycles. The minimum absolute atomic E-state index is 0.392. The molecule has 0 fully saturated rings. The Hall–Kier alpha value is -0.263. The fourth-order valence-corrected chi connectivity index (χ4v) is 1.37. The summed E-state index contributed by atoms with van der Waals surface area (Å²) in [5.74, 6) is 2.92. The molecule has 0 unspecified atom stereocenters. The highest BCUT2D eigenvalue weighted by atomic mass is 28.3. The number of rotatable bonds is 3. The van der Waals surface area contributed by atoms with E-state index in [-0.39, 0.29) is 0 Å². The Bertz CT molecular complexity index is 171. The molecule has 0 radical (unpaired) electrons. The lowest BCUT2D eigenvalue weighted by Gasteiger charge is -2.05. The van der Waals surface area contributed by atoms with Gasteiger partial charge in [0, 0.05) is 0 Å². The Kier molecular flexibility index (Phi) is 5.28. The maximum atomic E-state index is 9.39. The molecule has 70 valence electrons. The van der Waals surface area contributed by atoms with Gasteiger partial charge in [-0.1, -0.05) is 45.3 Å². The summed E-state index contributed by atoms with van der Waals surface area (Å²) in [6, 6.07) is 0. The third kappa shape index (κ3) is 7.84. The minimum Gasteiger partial charge on any atom is -0.380 e. The zero-order valence-corrected chi connectivity index (χ0v) is 9.65. The second kappa shape index (κ2) is 5.39. The normalized spacial score (nSPS) is 13.4. The van der Waals surface area contributed by atoms with E-state index in [2.05, 4.69) is 38.0 Å². The van der Waals surface area contributed by atoms with Crippen molar-refractivity contribution in [1.82, 2.24) is 0 Å². The lowest BCUT2D eigenvalue weighted by Crippen LogP contribution is -2.17. The van der Waals surface area contributed by atoms with Crippen LogP contribution in [0.25, 0.3) is 0 Å². The topological polar surface area (TPSA) is 20.2 Å². The molecule has 0 rings (SSSR count). The monoisotopic (exact) mass is 184 g/mol. The summed E-state index contributed by atoms with van der Waals surface area (Å²) < 4.78 is 0. The first-order valence-electron chi connectivity index (χ1n) is 4.66. The van der Waals surface area contributed by atoms with Gasteiger partial charge in [-0.15, -0.1) is 5.54 Å². The summed E-state index contributed by atoms with van der Waals surface area (Å²) in [7, 11) is -1.28. The van der Waals surface area contributed by atoms with Crippen LogP contribution < -0.4 is 0 Å². The van der Waals surface area contributed by atoms with Crippen molar-refractivity contribution in [1.29, 1.82) is 0 Å². The summed E-state index contributed by atoms with van der Waals surface area (Å²) >= 11 is 0. The van der Waals surface area contributed by atoms with E-state index in [1.807, 2.05) is 0 Å². The number of aliphatic hydroxyl groups excluding tert-OH is 1. The quantitative estimate of drug-likeness (QED) is 0.527. The van der Waals surface area contributed by atoms with Crippen molar-refractivity contribution in [3.63, 3.8) is 0 Å². The van der Waals surface area contributed by atoms with Gasteiger partial charge >= 0.3 is 0 Å². The standard InChI is InChI=1S/C10H20OSi/c1-5-6-7-10(11)8-9-12(2,3)4/h10-11H,5-7H2,1-4H3/t10-/m1/s1. The van der Waals surface area contributed by atoms with Crippen LogP contribution in [0.5, 0.6) is 0 Å². The smallest absolute Gasteiger partial charge is 0.129 e. The van der Waals surface area contributed by atoms with Gasteiger partial charge in [0.25, 0.3) is 0 Å². The number of unbranched alkanes of at least 4 members (excludes halogenated alkanes) is 1. The predicted molar refractivity (Wildman–Crippen MR) is 56.7 cm³/mol. The Morgan fingerprint density at radius 2 is 1.92 bits per heavy atom. The summed E-state index contributed by atoms with van der Waals surface area (Å²) in [5.41, 5.74) is 3.17. The second-order valence-electron chi connectivity index (χ2n) is 4.18. The van der Waals surface area contributed by atoms with Crippen LogP contribution in [0, 0.1) is 11.5 Å². The van der Waals surface area contributed by atoms with E-state index in [4.69, 9.17) is 0 Å². The summed E-state index contributed by atoms with van der Waals surface area (Å²) in [6.45, 7) is 8.68. The molecule has 0 aromatic heterocycles. The van der Waals surface area contributed by atoms with Gasteiger partial charge in [0.05, 0.1) is 0 Å². The number of hydrogen-bond donors (Lipinski definition) is 1. The zero-order valence-electron chi connectivity index (χ0n) is 8.65. The van der Waals surface area contributed by atoms with E-state index >= 15 is 0 Å². The molecule has 1 nitrogen and oxygen atoms in total. The SMILES string of the molecule is CCCC[C@@H](O)C#C[Si](C)(C)C. The van der Waals surface area contributed by atoms with E-state index in [0.29, 0.717) is 0 Å². The number of hydrogen-bond acceptors (Lipinski definition) is 1. The third-order valence-electron chi connectivity index (χ3n) is 1.44. The molecule has 0 aliphatic rings. The molecule has 0 aliphatic carbocycles. The molecule has 0 aliphatic heterocycles. The van der Waals surface area contributed by atoms with Crippen molar-refractivity contribution in [2.75, 3.05) is 0 Å². The molecule has 0 heterocycles. The molecule has 1 N–H and O–H groups in total. The first-order chi connectivity index (χ1) is 5.45. The maximum absolute atomic E-state index is 9.39. The van der Waals surface area contributed by atoms with Gasteiger partial charge in [-0.2, -0.15) is 0 Å². The van der Waals surface area contributed by atoms with Crippen LogP contribution in [0.4, 0.5) is 0 Å². The molecule has 0 bridgehead atoms. The largest absolute Gasteiger partial charge is 0.380 e. The van der Waals surface area contributed by atoms with Crippen molar-refractivity contribution in [2.24, 2.45) is 0 Å². The van der Waals surface area contributed by atoms with Gasteiger partial charge in [-0.25, -0.2) is 0 Å². The van der Waals surface area contributed by atoms with E-state index in [1.165, 1.54) is 0 Å². The average molecular weight is 184 g/mol. The Morgan fingerprint density at radius 1 is 1.33 bits per heavy atom. The average Bonchev–Trinajstić information content (AvgIpc) is 1.95. The van der Waals surface area contributed by atoms with Crippen molar-refractivity contribution < 1.29 is 5.11 Å². The highest BCUT2D eigenvalue weighted by molar-refractivity contribution is 6.83. The van der Waals surface area contributed by atoms with Crippen LogP contribution in [-0.4, -0.2) is 19.3 Å². The molecule has 0 aromatic rings. The van der Waals surface area contributed by atoms with Gasteiger partial charge < -0.3 is 5.11 Å². The van der Waals surface area contributed by atoms with Crippen LogP contribution in [0.2, 0.25) is 19.6 Å². The lowest BCUT2D eigenvalue weighted by molar-refractivity contribution is 0.218. The van der Waals surface area contributed by atoms with Crippen LogP contribution in [-0.2, 0) is 0 Å². The molecular weight excluding hydrogens is 164 g/mol. The van der Waals surface area contributed by atoms with E-state index in [0.717, 1.165) is 19.3 Å². The van der Waals surface area contributed by atoms with Gasteiger partial charge in [-0.05, 0) is 6.42 Å². The third-order valence-corrected chi connectivity index (χ3v) is 2.34. The second-order valence-corrected chi connectivity index (χ2v) is 8.93. The summed E-state index contributed by atoms with van der Waals surface area (Å²) in [5, 5.41) is 9.39. The number of aliphatic hydroxyl groups is 1. The first-order valence-corrected chi connectivity index (χ1v) is 8.16. The molecule has 2 heteroatoms. The molecule has 12 heavy (non-hydrogen) atoms. The predicted octanol–water partition coefficient (Wildman–Crippen LogP) is 2.42. The van der Waals surface area contributed by atoms with E-state index in [9.17, 15) is 5.11 Å². The Labute approximate surface area is 77.2 Å². The Balaban J connectivity index is 3.79. The van der Waals surface area contributed by atoms with Crippen molar-refractivity contribution >= 4 is 8.07 Å². The molecule has 1 atom stereocenters. The Morgan fingerprint density at radius 3 is 2.33 bits per heavy atom. The van der Waals surface area contributed by atoms with Crippen LogP contribution in [0.3, 0.4) is 0 Å². The van der Waals surface area contributed by atoms with Gasteiger partial charge in [-0.3, -0.25) is 0 Å². The zero-order chi connectivity index (χ0) is 9.61. The lowest BCUT2D eigenvalue weighted by atomic mass is 10.2. The van der Waals surface area contributed by atoms with Crippen molar-refractivity contribution in [3.05, 3.63) is 0 Å². The molecule has 0 saturated carbocycles. The molecular formula is C10H20OSi. The molecule has 0 saturated heterocycles. The maximum Gasteiger partial charge on any atom is 0.129 e. The molecule has 0 amide bonds. The summed E-state index contributed by atoms with van der Waals surface area (Å²) in [6.07, 6.45) is 2.64. The highest BCUT2D eigenvalue weighted by Gasteiger charge is 2.08. The molecule has 0 spiro atoms. The van der Waals surface area contributed by atoms with Crippen molar-refractivity contribution in [2.45, 2.75) is 51.9 Å². The first kappa shape index (κ1) is 11.7. The van der Waals surface area contributed by atoms with Gasteiger partial charge in [0.15, 0.2) is 0 Å². The fraction of sp³-hybridized carbons (Fsp3) is 0.800. The van der Waals surface area contributed by atoms with E-state index in [1.54, 1.807) is 0 Å². The van der Waals surface area contributed by atoms with Crippen LogP contribution >= 0.6 is 0 Å². The van der Waals surface area contributed by atoms with Gasteiger partial charge in [0.2, 0.25) is 0 Å². The van der Waals surface area contributed by atoms with E-state index < -0.39 is 14.2 Å². The minimum atomic E-state index is -1.28. The van der Waals surface area contributed by atoms with Crippen LogP contribution in [0.1, 0.15) is 26.2 Å². The van der Waals surface area contributed by atoms with Gasteiger partial charge in [0.1, 0.15) is 14.2 Å².